The molecular weight excluding hydrogens is 180 g/mol. The molecule has 2 N–H and O–H groups in total. The molecule has 0 saturated heterocycles. The van der Waals surface area contributed by atoms with Crippen molar-refractivity contribution in [3.05, 3.63) is 17.5 Å². The minimum Gasteiger partial charge on any atom is -0.481 e. The Labute approximate surface area is 82.3 Å². The molecule has 1 aromatic heterocycles. The zero-order chi connectivity index (χ0) is 10.3. The van der Waals surface area contributed by atoms with Crippen LogP contribution in [-0.2, 0) is 4.79 Å². The third-order valence-corrected chi connectivity index (χ3v) is 3.21. The monoisotopic (exact) mass is 194 g/mol. The van der Waals surface area contributed by atoms with E-state index in [1.165, 1.54) is 0 Å². The van der Waals surface area contributed by atoms with E-state index in [2.05, 4.69) is 10.2 Å². The highest BCUT2D eigenvalue weighted by molar-refractivity contribution is 5.79. The van der Waals surface area contributed by atoms with Crippen LogP contribution in [0.2, 0.25) is 0 Å². The molecule has 1 heterocycles. The number of carboxylic acids is 1. The largest absolute Gasteiger partial charge is 0.481 e. The van der Waals surface area contributed by atoms with Gasteiger partial charge in [0, 0.05) is 11.6 Å². The average Bonchev–Trinajstić information content (AvgIpc) is 2.84. The number of hydrogen-bond donors (Lipinski definition) is 2. The van der Waals surface area contributed by atoms with Crippen LogP contribution < -0.4 is 0 Å². The SMILES string of the molecule is Cc1cc(C(C)C2(C(=O)O)CC2)n[nH]1. The van der Waals surface area contributed by atoms with Gasteiger partial charge in [-0.2, -0.15) is 5.10 Å². The first kappa shape index (κ1) is 9.24. The Morgan fingerprint density at radius 1 is 1.71 bits per heavy atom. The summed E-state index contributed by atoms with van der Waals surface area (Å²) in [6.45, 7) is 3.86. The first-order valence-electron chi connectivity index (χ1n) is 4.81. The predicted molar refractivity (Wildman–Crippen MR) is 51.0 cm³/mol. The molecule has 4 heteroatoms. The molecule has 4 nitrogen and oxygen atoms in total. The molecule has 76 valence electrons. The zero-order valence-corrected chi connectivity index (χ0v) is 8.37. The summed E-state index contributed by atoms with van der Waals surface area (Å²) in [7, 11) is 0. The van der Waals surface area contributed by atoms with Gasteiger partial charge in [0.2, 0.25) is 0 Å². The minimum atomic E-state index is -0.689. The van der Waals surface area contributed by atoms with Crippen LogP contribution in [-0.4, -0.2) is 21.3 Å². The van der Waals surface area contributed by atoms with E-state index in [1.54, 1.807) is 0 Å². The van der Waals surface area contributed by atoms with Crippen LogP contribution in [0, 0.1) is 12.3 Å². The van der Waals surface area contributed by atoms with Gasteiger partial charge in [-0.25, -0.2) is 0 Å². The molecule has 0 spiro atoms. The number of aromatic nitrogens is 2. The summed E-state index contributed by atoms with van der Waals surface area (Å²) in [5.41, 5.74) is 1.30. The quantitative estimate of drug-likeness (QED) is 0.769. The molecular formula is C10H14N2O2. The summed E-state index contributed by atoms with van der Waals surface area (Å²) in [6.07, 6.45) is 1.55. The second kappa shape index (κ2) is 2.83. The molecule has 1 aliphatic carbocycles. The lowest BCUT2D eigenvalue weighted by molar-refractivity contribution is -0.144. The Bertz CT molecular complexity index is 366. The Hall–Kier alpha value is -1.32. The van der Waals surface area contributed by atoms with Gasteiger partial charge >= 0.3 is 5.97 Å². The van der Waals surface area contributed by atoms with Gasteiger partial charge in [0.05, 0.1) is 11.1 Å². The van der Waals surface area contributed by atoms with E-state index in [4.69, 9.17) is 5.11 Å². The molecule has 1 saturated carbocycles. The van der Waals surface area contributed by atoms with Crippen molar-refractivity contribution in [1.29, 1.82) is 0 Å². The molecule has 0 aliphatic heterocycles. The second-order valence-corrected chi connectivity index (χ2v) is 4.16. The maximum absolute atomic E-state index is 11.1. The fourth-order valence-electron chi connectivity index (χ4n) is 1.91. The van der Waals surface area contributed by atoms with Crippen molar-refractivity contribution < 1.29 is 9.90 Å². The van der Waals surface area contributed by atoms with E-state index in [1.807, 2.05) is 19.9 Å². The maximum Gasteiger partial charge on any atom is 0.310 e. The van der Waals surface area contributed by atoms with E-state index in [9.17, 15) is 4.79 Å². The Balaban J connectivity index is 2.24. The molecule has 1 aliphatic rings. The first-order valence-corrected chi connectivity index (χ1v) is 4.81. The van der Waals surface area contributed by atoms with Crippen LogP contribution in [0.25, 0.3) is 0 Å². The number of aryl methyl sites for hydroxylation is 1. The third kappa shape index (κ3) is 1.22. The van der Waals surface area contributed by atoms with Crippen LogP contribution in [0.15, 0.2) is 6.07 Å². The number of H-pyrrole nitrogens is 1. The molecule has 14 heavy (non-hydrogen) atoms. The fourth-order valence-corrected chi connectivity index (χ4v) is 1.91. The second-order valence-electron chi connectivity index (χ2n) is 4.16. The molecule has 0 radical (unpaired) electrons. The van der Waals surface area contributed by atoms with Crippen molar-refractivity contribution in [1.82, 2.24) is 10.2 Å². The summed E-state index contributed by atoms with van der Waals surface area (Å²) in [5, 5.41) is 16.1. The van der Waals surface area contributed by atoms with Crippen molar-refractivity contribution >= 4 is 5.97 Å². The van der Waals surface area contributed by atoms with E-state index in [-0.39, 0.29) is 5.92 Å². The molecule has 1 atom stereocenters. The van der Waals surface area contributed by atoms with Gasteiger partial charge in [-0.05, 0) is 25.8 Å². The summed E-state index contributed by atoms with van der Waals surface area (Å²) in [6, 6.07) is 1.92. The van der Waals surface area contributed by atoms with Crippen LogP contribution >= 0.6 is 0 Å². The number of nitrogens with zero attached hydrogens (tertiary/aromatic N) is 1. The number of aliphatic carboxylic acids is 1. The number of rotatable bonds is 3. The number of aromatic amines is 1. The molecule has 0 bridgehead atoms. The topological polar surface area (TPSA) is 66.0 Å². The maximum atomic E-state index is 11.1. The van der Waals surface area contributed by atoms with E-state index >= 15 is 0 Å². The van der Waals surface area contributed by atoms with Gasteiger partial charge in [0.25, 0.3) is 0 Å². The van der Waals surface area contributed by atoms with Gasteiger partial charge in [-0.15, -0.1) is 0 Å². The number of carboxylic acid groups (broad SMARTS) is 1. The van der Waals surface area contributed by atoms with Crippen LogP contribution in [0.1, 0.15) is 37.1 Å². The summed E-state index contributed by atoms with van der Waals surface area (Å²) in [5.74, 6) is -0.685. The lowest BCUT2D eigenvalue weighted by atomic mass is 9.88. The average molecular weight is 194 g/mol. The molecule has 0 amide bonds. The third-order valence-electron chi connectivity index (χ3n) is 3.21. The number of nitrogens with one attached hydrogen (secondary N) is 1. The number of hydrogen-bond acceptors (Lipinski definition) is 2. The van der Waals surface area contributed by atoms with Gasteiger partial charge in [-0.1, -0.05) is 6.92 Å². The molecule has 2 rings (SSSR count). The summed E-state index contributed by atoms with van der Waals surface area (Å²) < 4.78 is 0. The highest BCUT2D eigenvalue weighted by Gasteiger charge is 2.55. The molecule has 0 aromatic carbocycles. The lowest BCUT2D eigenvalue weighted by Gasteiger charge is -2.16. The number of carbonyl (C=O) groups is 1. The standard InChI is InChI=1S/C10H14N2O2/c1-6-5-8(12-11-6)7(2)10(3-4-10)9(13)14/h5,7H,3-4H2,1-2H3,(H,11,12)(H,13,14). The van der Waals surface area contributed by atoms with Gasteiger partial charge in [0.1, 0.15) is 0 Å². The van der Waals surface area contributed by atoms with Crippen LogP contribution in [0.3, 0.4) is 0 Å². The Morgan fingerprint density at radius 3 is 2.71 bits per heavy atom. The molecule has 1 aromatic rings. The van der Waals surface area contributed by atoms with E-state index in [0.29, 0.717) is 0 Å². The van der Waals surface area contributed by atoms with Gasteiger partial charge in [-0.3, -0.25) is 9.89 Å². The Morgan fingerprint density at radius 2 is 2.36 bits per heavy atom. The van der Waals surface area contributed by atoms with E-state index < -0.39 is 11.4 Å². The van der Waals surface area contributed by atoms with E-state index in [0.717, 1.165) is 24.2 Å². The van der Waals surface area contributed by atoms with Crippen molar-refractivity contribution in [2.24, 2.45) is 5.41 Å². The fraction of sp³-hybridized carbons (Fsp3) is 0.600. The van der Waals surface area contributed by atoms with Crippen molar-refractivity contribution in [3.8, 4) is 0 Å². The van der Waals surface area contributed by atoms with Gasteiger partial charge < -0.3 is 5.11 Å². The molecule has 1 unspecified atom stereocenters. The highest BCUT2D eigenvalue weighted by atomic mass is 16.4. The highest BCUT2D eigenvalue weighted by Crippen LogP contribution is 2.55. The summed E-state index contributed by atoms with van der Waals surface area (Å²) in [4.78, 5) is 11.1. The minimum absolute atomic E-state index is 0.00458. The van der Waals surface area contributed by atoms with Gasteiger partial charge in [0.15, 0.2) is 0 Å². The van der Waals surface area contributed by atoms with Crippen LogP contribution in [0.5, 0.6) is 0 Å². The zero-order valence-electron chi connectivity index (χ0n) is 8.37. The molecule has 1 fully saturated rings. The van der Waals surface area contributed by atoms with Crippen LogP contribution in [0.4, 0.5) is 0 Å². The van der Waals surface area contributed by atoms with Crippen molar-refractivity contribution in [3.63, 3.8) is 0 Å². The first-order chi connectivity index (χ1) is 6.56. The van der Waals surface area contributed by atoms with Crippen molar-refractivity contribution in [2.45, 2.75) is 32.6 Å². The normalized spacial score (nSPS) is 20.4. The Kier molecular flexibility index (Phi) is 1.87. The smallest absolute Gasteiger partial charge is 0.310 e. The summed E-state index contributed by atoms with van der Waals surface area (Å²) >= 11 is 0. The van der Waals surface area contributed by atoms with Crippen molar-refractivity contribution in [2.75, 3.05) is 0 Å². The lowest BCUT2D eigenvalue weighted by Crippen LogP contribution is -2.21. The predicted octanol–water partition coefficient (Wildman–Crippen LogP) is 1.69.